The van der Waals surface area contributed by atoms with Gasteiger partial charge in [0.05, 0.1) is 12.3 Å². The van der Waals surface area contributed by atoms with Crippen molar-refractivity contribution in [2.24, 2.45) is 0 Å². The van der Waals surface area contributed by atoms with E-state index in [-0.39, 0.29) is 28.7 Å². The van der Waals surface area contributed by atoms with Crippen LogP contribution in [0.25, 0.3) is 11.1 Å². The SMILES string of the molecule is CCc1ccc2n(c1=O)C(Cc1cccc(-c3cc(F)cc(F)c3)c1F)C(NS(C)(=O)=O)CC2. The molecule has 0 amide bonds. The number of hydrogen-bond donors (Lipinski definition) is 1. The highest BCUT2D eigenvalue weighted by molar-refractivity contribution is 7.88. The Balaban J connectivity index is 1.82. The number of aryl methyl sites for hydroxylation is 2. The first-order valence-electron chi connectivity index (χ1n) is 11.0. The largest absolute Gasteiger partial charge is 0.307 e. The molecular formula is C25H25F3N2O3S. The maximum absolute atomic E-state index is 15.6. The van der Waals surface area contributed by atoms with Crippen molar-refractivity contribution in [1.82, 2.24) is 9.29 Å². The maximum atomic E-state index is 15.6. The van der Waals surface area contributed by atoms with Gasteiger partial charge in [0.2, 0.25) is 10.0 Å². The van der Waals surface area contributed by atoms with Crippen LogP contribution in [0.2, 0.25) is 0 Å². The van der Waals surface area contributed by atoms with Gasteiger partial charge in [-0.1, -0.05) is 31.2 Å². The van der Waals surface area contributed by atoms with Gasteiger partial charge in [-0.3, -0.25) is 4.79 Å². The quantitative estimate of drug-likeness (QED) is 0.565. The third-order valence-corrected chi connectivity index (χ3v) is 6.95. The highest BCUT2D eigenvalue weighted by atomic mass is 32.2. The number of fused-ring (bicyclic) bond motifs is 1. The number of sulfonamides is 1. The molecular weight excluding hydrogens is 465 g/mol. The van der Waals surface area contributed by atoms with Gasteiger partial charge in [0.25, 0.3) is 5.56 Å². The summed E-state index contributed by atoms with van der Waals surface area (Å²) in [4.78, 5) is 13.2. The highest BCUT2D eigenvalue weighted by Crippen LogP contribution is 2.32. The Morgan fingerprint density at radius 2 is 1.74 bits per heavy atom. The average Bonchev–Trinajstić information content (AvgIpc) is 2.75. The summed E-state index contributed by atoms with van der Waals surface area (Å²) < 4.78 is 71.3. The van der Waals surface area contributed by atoms with Crippen molar-refractivity contribution < 1.29 is 21.6 Å². The molecule has 9 heteroatoms. The van der Waals surface area contributed by atoms with Crippen LogP contribution in [0.3, 0.4) is 0 Å². The van der Waals surface area contributed by atoms with Crippen LogP contribution < -0.4 is 10.3 Å². The summed E-state index contributed by atoms with van der Waals surface area (Å²) in [5.41, 5.74) is 1.40. The third-order valence-electron chi connectivity index (χ3n) is 6.22. The molecule has 180 valence electrons. The first-order valence-corrected chi connectivity index (χ1v) is 12.9. The summed E-state index contributed by atoms with van der Waals surface area (Å²) >= 11 is 0. The Hall–Kier alpha value is -2.91. The number of halogens is 3. The molecule has 5 nitrogen and oxygen atoms in total. The monoisotopic (exact) mass is 490 g/mol. The highest BCUT2D eigenvalue weighted by Gasteiger charge is 2.33. The molecule has 1 aliphatic heterocycles. The molecule has 0 bridgehead atoms. The minimum atomic E-state index is -3.59. The first kappa shape index (κ1) is 24.2. The molecule has 0 aliphatic carbocycles. The van der Waals surface area contributed by atoms with Crippen molar-refractivity contribution in [1.29, 1.82) is 0 Å². The zero-order valence-electron chi connectivity index (χ0n) is 18.8. The van der Waals surface area contributed by atoms with E-state index in [1.807, 2.05) is 13.0 Å². The molecule has 2 heterocycles. The number of aromatic nitrogens is 1. The lowest BCUT2D eigenvalue weighted by molar-refractivity contribution is 0.312. The van der Waals surface area contributed by atoms with Gasteiger partial charge in [-0.15, -0.1) is 0 Å². The molecule has 0 saturated carbocycles. The second-order valence-electron chi connectivity index (χ2n) is 8.62. The Morgan fingerprint density at radius 3 is 2.38 bits per heavy atom. The van der Waals surface area contributed by atoms with Crippen LogP contribution in [0.15, 0.2) is 53.3 Å². The fourth-order valence-corrected chi connectivity index (χ4v) is 5.51. The standard InChI is InChI=1S/C25H25F3N2O3S/c1-3-15-7-8-20-9-10-22(29-34(2,32)33)23(30(20)25(15)31)13-16-5-4-6-21(24(16)28)17-11-18(26)14-19(27)12-17/h4-8,11-12,14,22-23,29H,3,9-10,13H2,1-2H3. The fourth-order valence-electron chi connectivity index (χ4n) is 4.69. The van der Waals surface area contributed by atoms with Crippen molar-refractivity contribution in [2.75, 3.05) is 6.26 Å². The summed E-state index contributed by atoms with van der Waals surface area (Å²) in [6, 6.07) is 9.67. The van der Waals surface area contributed by atoms with Crippen molar-refractivity contribution >= 4 is 10.0 Å². The summed E-state index contributed by atoms with van der Waals surface area (Å²) in [5.74, 6) is -2.31. The summed E-state index contributed by atoms with van der Waals surface area (Å²) in [5, 5.41) is 0. The number of rotatable bonds is 6. The van der Waals surface area contributed by atoms with E-state index in [9.17, 15) is 22.0 Å². The number of nitrogens with one attached hydrogen (secondary N) is 1. The van der Waals surface area contributed by atoms with Crippen LogP contribution in [0.4, 0.5) is 13.2 Å². The molecule has 0 radical (unpaired) electrons. The van der Waals surface area contributed by atoms with Crippen molar-refractivity contribution in [3.05, 3.63) is 93.2 Å². The molecule has 2 atom stereocenters. The zero-order valence-corrected chi connectivity index (χ0v) is 19.6. The van der Waals surface area contributed by atoms with Gasteiger partial charge in [-0.25, -0.2) is 26.3 Å². The van der Waals surface area contributed by atoms with Gasteiger partial charge in [0.1, 0.15) is 17.5 Å². The van der Waals surface area contributed by atoms with E-state index in [4.69, 9.17) is 0 Å². The Labute approximate surface area is 196 Å². The van der Waals surface area contributed by atoms with Gasteiger partial charge >= 0.3 is 0 Å². The van der Waals surface area contributed by atoms with E-state index in [1.165, 1.54) is 12.1 Å². The number of pyridine rings is 1. The normalized spacial score (nSPS) is 18.0. The molecule has 0 saturated heterocycles. The minimum Gasteiger partial charge on any atom is -0.307 e. The predicted octanol–water partition coefficient (Wildman–Crippen LogP) is 4.14. The summed E-state index contributed by atoms with van der Waals surface area (Å²) in [7, 11) is -3.59. The van der Waals surface area contributed by atoms with Crippen LogP contribution >= 0.6 is 0 Å². The Morgan fingerprint density at radius 1 is 1.03 bits per heavy atom. The zero-order chi connectivity index (χ0) is 24.6. The molecule has 3 aromatic rings. The molecule has 1 N–H and O–H groups in total. The molecule has 0 spiro atoms. The molecule has 0 fully saturated rings. The molecule has 1 aromatic heterocycles. The van der Waals surface area contributed by atoms with E-state index in [2.05, 4.69) is 4.72 Å². The second kappa shape index (κ2) is 9.38. The van der Waals surface area contributed by atoms with Gasteiger partial charge in [-0.2, -0.15) is 0 Å². The number of benzene rings is 2. The first-order chi connectivity index (χ1) is 16.1. The lowest BCUT2D eigenvalue weighted by Crippen LogP contribution is -2.48. The lowest BCUT2D eigenvalue weighted by Gasteiger charge is -2.36. The van der Waals surface area contributed by atoms with Gasteiger partial charge < -0.3 is 4.57 Å². The molecule has 4 rings (SSSR count). The smallest absolute Gasteiger partial charge is 0.254 e. The predicted molar refractivity (Wildman–Crippen MR) is 125 cm³/mol. The fraction of sp³-hybridized carbons (Fsp3) is 0.320. The van der Waals surface area contributed by atoms with Crippen molar-refractivity contribution in [3.63, 3.8) is 0 Å². The molecule has 2 unspecified atom stereocenters. The van der Waals surface area contributed by atoms with E-state index in [1.54, 1.807) is 16.7 Å². The van der Waals surface area contributed by atoms with Crippen molar-refractivity contribution in [2.45, 2.75) is 44.7 Å². The maximum Gasteiger partial charge on any atom is 0.254 e. The molecule has 1 aliphatic rings. The average molecular weight is 491 g/mol. The van der Waals surface area contributed by atoms with Gasteiger partial charge in [0.15, 0.2) is 0 Å². The van der Waals surface area contributed by atoms with Crippen molar-refractivity contribution in [3.8, 4) is 11.1 Å². The number of hydrogen-bond acceptors (Lipinski definition) is 3. The topological polar surface area (TPSA) is 68.2 Å². The van der Waals surface area contributed by atoms with Crippen LogP contribution in [0.5, 0.6) is 0 Å². The second-order valence-corrected chi connectivity index (χ2v) is 10.4. The van der Waals surface area contributed by atoms with Crippen LogP contribution in [-0.2, 0) is 29.3 Å². The molecule has 2 aromatic carbocycles. The van der Waals surface area contributed by atoms with E-state index in [0.29, 0.717) is 30.9 Å². The Bertz CT molecular complexity index is 1380. The van der Waals surface area contributed by atoms with E-state index >= 15 is 4.39 Å². The number of nitrogens with zero attached hydrogens (tertiary/aromatic N) is 1. The summed E-state index contributed by atoms with van der Waals surface area (Å²) in [6.07, 6.45) is 2.51. The van der Waals surface area contributed by atoms with E-state index < -0.39 is 39.6 Å². The minimum absolute atomic E-state index is 0.0186. The van der Waals surface area contributed by atoms with Crippen LogP contribution in [-0.4, -0.2) is 25.3 Å². The van der Waals surface area contributed by atoms with Crippen LogP contribution in [0.1, 0.15) is 36.2 Å². The summed E-state index contributed by atoms with van der Waals surface area (Å²) in [6.45, 7) is 1.86. The van der Waals surface area contributed by atoms with Gasteiger partial charge in [-0.05, 0) is 55.0 Å². The van der Waals surface area contributed by atoms with E-state index in [0.717, 1.165) is 24.1 Å². The molecule has 34 heavy (non-hydrogen) atoms. The van der Waals surface area contributed by atoms with Gasteiger partial charge in [0, 0.05) is 28.9 Å². The lowest BCUT2D eigenvalue weighted by atomic mass is 9.89. The van der Waals surface area contributed by atoms with Crippen LogP contribution in [0, 0.1) is 17.5 Å². The Kier molecular flexibility index (Phi) is 6.69. The third kappa shape index (κ3) is 4.95.